The maximum absolute atomic E-state index is 5.75. The number of rotatable bonds is 3. The summed E-state index contributed by atoms with van der Waals surface area (Å²) in [5.74, 6) is 1.28. The highest BCUT2D eigenvalue weighted by molar-refractivity contribution is 5.80. The molecule has 0 aromatic carbocycles. The fourth-order valence-electron chi connectivity index (χ4n) is 1.97. The fourth-order valence-corrected chi connectivity index (χ4v) is 1.97. The van der Waals surface area contributed by atoms with Gasteiger partial charge in [0.2, 0.25) is 5.88 Å². The van der Waals surface area contributed by atoms with Crippen molar-refractivity contribution in [1.29, 1.82) is 0 Å². The molecule has 0 saturated heterocycles. The van der Waals surface area contributed by atoms with Gasteiger partial charge in [0.15, 0.2) is 0 Å². The van der Waals surface area contributed by atoms with Gasteiger partial charge in [0, 0.05) is 6.20 Å². The van der Waals surface area contributed by atoms with E-state index in [1.807, 2.05) is 12.3 Å². The van der Waals surface area contributed by atoms with Gasteiger partial charge in [-0.25, -0.2) is 9.97 Å². The topological polar surface area (TPSA) is 50.8 Å². The molecule has 0 bridgehead atoms. The number of ether oxygens (including phenoxy) is 1. The molecule has 0 unspecified atom stereocenters. The molecule has 0 fully saturated rings. The molecule has 2 aromatic heterocycles. The lowest BCUT2D eigenvalue weighted by atomic mass is 10.1. The van der Waals surface area contributed by atoms with E-state index in [2.05, 4.69) is 27.1 Å². The molecule has 16 heavy (non-hydrogen) atoms. The predicted molar refractivity (Wildman–Crippen MR) is 61.2 cm³/mol. The van der Waals surface area contributed by atoms with Crippen LogP contribution >= 0.6 is 0 Å². The van der Waals surface area contributed by atoms with E-state index in [-0.39, 0.29) is 0 Å². The summed E-state index contributed by atoms with van der Waals surface area (Å²) >= 11 is 0. The normalized spacial score (nSPS) is 16.0. The summed E-state index contributed by atoms with van der Waals surface area (Å²) in [7, 11) is 0. The Hall–Kier alpha value is -1.84. The highest BCUT2D eigenvalue weighted by atomic mass is 16.5. The van der Waals surface area contributed by atoms with Gasteiger partial charge in [0.25, 0.3) is 0 Å². The van der Waals surface area contributed by atoms with Gasteiger partial charge >= 0.3 is 0 Å². The van der Waals surface area contributed by atoms with E-state index in [9.17, 15) is 0 Å². The average molecular weight is 215 g/mol. The molecular formula is C12H13N3O. The molecule has 0 saturated carbocycles. The van der Waals surface area contributed by atoms with Crippen molar-refractivity contribution >= 4 is 11.0 Å². The van der Waals surface area contributed by atoms with Crippen LogP contribution in [0.15, 0.2) is 30.7 Å². The minimum absolute atomic E-state index is 0.601. The number of aromatic nitrogens is 3. The Kier molecular flexibility index (Phi) is 2.33. The van der Waals surface area contributed by atoms with E-state index in [1.54, 1.807) is 0 Å². The van der Waals surface area contributed by atoms with Crippen LogP contribution in [0.3, 0.4) is 0 Å². The van der Waals surface area contributed by atoms with Crippen LogP contribution in [-0.2, 0) is 0 Å². The highest BCUT2D eigenvalue weighted by Gasteiger charge is 2.12. The first-order valence-electron chi connectivity index (χ1n) is 5.49. The highest BCUT2D eigenvalue weighted by Crippen LogP contribution is 2.23. The van der Waals surface area contributed by atoms with E-state index in [0.717, 1.165) is 30.5 Å². The third-order valence-corrected chi connectivity index (χ3v) is 2.88. The van der Waals surface area contributed by atoms with E-state index < -0.39 is 0 Å². The van der Waals surface area contributed by atoms with Crippen LogP contribution in [0.4, 0.5) is 0 Å². The van der Waals surface area contributed by atoms with Gasteiger partial charge in [0.1, 0.15) is 12.0 Å². The SMILES string of the molecule is C1=CCC(COc2ncnc3[nH]ccc23)C1. The van der Waals surface area contributed by atoms with Crippen molar-refractivity contribution in [2.45, 2.75) is 12.8 Å². The van der Waals surface area contributed by atoms with Crippen LogP contribution in [-0.4, -0.2) is 21.6 Å². The van der Waals surface area contributed by atoms with Crippen molar-refractivity contribution < 1.29 is 4.74 Å². The first-order chi connectivity index (χ1) is 7.93. The molecule has 4 nitrogen and oxygen atoms in total. The van der Waals surface area contributed by atoms with E-state index in [0.29, 0.717) is 11.8 Å². The Labute approximate surface area is 93.4 Å². The van der Waals surface area contributed by atoms with Crippen LogP contribution in [0.1, 0.15) is 12.8 Å². The molecule has 3 rings (SSSR count). The Morgan fingerprint density at radius 2 is 2.19 bits per heavy atom. The largest absolute Gasteiger partial charge is 0.477 e. The molecule has 0 amide bonds. The molecule has 2 heterocycles. The predicted octanol–water partition coefficient (Wildman–Crippen LogP) is 2.30. The minimum atomic E-state index is 0.601. The first kappa shape index (κ1) is 9.39. The summed E-state index contributed by atoms with van der Waals surface area (Å²) < 4.78 is 5.75. The quantitative estimate of drug-likeness (QED) is 0.799. The van der Waals surface area contributed by atoms with Crippen LogP contribution in [0.5, 0.6) is 5.88 Å². The monoisotopic (exact) mass is 215 g/mol. The smallest absolute Gasteiger partial charge is 0.226 e. The number of allylic oxidation sites excluding steroid dienone is 2. The zero-order chi connectivity index (χ0) is 10.8. The van der Waals surface area contributed by atoms with Crippen molar-refractivity contribution in [2.75, 3.05) is 6.61 Å². The Morgan fingerprint density at radius 3 is 3.06 bits per heavy atom. The van der Waals surface area contributed by atoms with Crippen LogP contribution in [0, 0.1) is 5.92 Å². The summed E-state index contributed by atoms with van der Waals surface area (Å²) in [6.07, 6.45) is 10.0. The first-order valence-corrected chi connectivity index (χ1v) is 5.49. The Balaban J connectivity index is 1.75. The zero-order valence-corrected chi connectivity index (χ0v) is 8.89. The molecule has 4 heteroatoms. The molecule has 1 N–H and O–H groups in total. The summed E-state index contributed by atoms with van der Waals surface area (Å²) in [5, 5.41) is 0.952. The molecule has 0 radical (unpaired) electrons. The van der Waals surface area contributed by atoms with Gasteiger partial charge in [0.05, 0.1) is 12.0 Å². The van der Waals surface area contributed by atoms with Crippen molar-refractivity contribution in [3.05, 3.63) is 30.7 Å². The second-order valence-electron chi connectivity index (χ2n) is 4.04. The average Bonchev–Trinajstić information content (AvgIpc) is 2.97. The second-order valence-corrected chi connectivity index (χ2v) is 4.04. The van der Waals surface area contributed by atoms with Crippen LogP contribution in [0.25, 0.3) is 11.0 Å². The lowest BCUT2D eigenvalue weighted by molar-refractivity contribution is 0.250. The van der Waals surface area contributed by atoms with Crippen LogP contribution in [0.2, 0.25) is 0 Å². The summed E-state index contributed by atoms with van der Waals surface area (Å²) in [6, 6.07) is 1.94. The number of hydrogen-bond acceptors (Lipinski definition) is 3. The molecule has 2 aromatic rings. The van der Waals surface area contributed by atoms with Gasteiger partial charge < -0.3 is 9.72 Å². The van der Waals surface area contributed by atoms with Crippen molar-refractivity contribution in [2.24, 2.45) is 5.92 Å². The minimum Gasteiger partial charge on any atom is -0.477 e. The Morgan fingerprint density at radius 1 is 1.31 bits per heavy atom. The maximum atomic E-state index is 5.75. The number of aromatic amines is 1. The number of nitrogens with zero attached hydrogens (tertiary/aromatic N) is 2. The molecule has 82 valence electrons. The number of hydrogen-bond donors (Lipinski definition) is 1. The lowest BCUT2D eigenvalue weighted by Gasteiger charge is -2.10. The van der Waals surface area contributed by atoms with Gasteiger partial charge in [-0.1, -0.05) is 12.2 Å². The molecule has 0 spiro atoms. The van der Waals surface area contributed by atoms with E-state index in [1.165, 1.54) is 6.33 Å². The van der Waals surface area contributed by atoms with Gasteiger partial charge in [-0.2, -0.15) is 0 Å². The second kappa shape index (κ2) is 3.96. The third kappa shape index (κ3) is 1.66. The van der Waals surface area contributed by atoms with Crippen molar-refractivity contribution in [3.8, 4) is 5.88 Å². The Bertz CT molecular complexity index is 510. The van der Waals surface area contributed by atoms with E-state index >= 15 is 0 Å². The van der Waals surface area contributed by atoms with Gasteiger partial charge in [-0.05, 0) is 24.8 Å². The van der Waals surface area contributed by atoms with Crippen LogP contribution < -0.4 is 4.74 Å². The molecule has 1 aliphatic rings. The summed E-state index contributed by atoms with van der Waals surface area (Å²) in [4.78, 5) is 11.3. The zero-order valence-electron chi connectivity index (χ0n) is 8.89. The van der Waals surface area contributed by atoms with Gasteiger partial charge in [-0.3, -0.25) is 0 Å². The standard InChI is InChI=1S/C12H13N3O/c1-2-4-9(3-1)7-16-12-10-5-6-13-11(10)14-8-15-12/h1-2,5-6,8-9H,3-4,7H2,(H,13,14,15). The number of fused-ring (bicyclic) bond motifs is 1. The van der Waals surface area contributed by atoms with Crippen molar-refractivity contribution in [3.63, 3.8) is 0 Å². The number of H-pyrrole nitrogens is 1. The molecular weight excluding hydrogens is 202 g/mol. The molecule has 1 aliphatic carbocycles. The fraction of sp³-hybridized carbons (Fsp3) is 0.333. The molecule has 0 atom stereocenters. The van der Waals surface area contributed by atoms with Crippen molar-refractivity contribution in [1.82, 2.24) is 15.0 Å². The summed E-state index contributed by atoms with van der Waals surface area (Å²) in [6.45, 7) is 0.726. The number of nitrogens with one attached hydrogen (secondary N) is 1. The molecule has 0 aliphatic heterocycles. The lowest BCUT2D eigenvalue weighted by Crippen LogP contribution is -2.09. The van der Waals surface area contributed by atoms with Gasteiger partial charge in [-0.15, -0.1) is 0 Å². The summed E-state index contributed by atoms with van der Waals surface area (Å²) in [5.41, 5.74) is 0.828. The van der Waals surface area contributed by atoms with E-state index in [4.69, 9.17) is 4.74 Å². The maximum Gasteiger partial charge on any atom is 0.226 e. The third-order valence-electron chi connectivity index (χ3n) is 2.88.